The third-order valence-corrected chi connectivity index (χ3v) is 11.4. The van der Waals surface area contributed by atoms with Crippen LogP contribution in [0.1, 0.15) is 53.8 Å². The average Bonchev–Trinajstić information content (AvgIpc) is 3.33. The van der Waals surface area contributed by atoms with Crippen molar-refractivity contribution in [2.24, 2.45) is 16.7 Å². The van der Waals surface area contributed by atoms with Crippen LogP contribution >= 0.6 is 0 Å². The monoisotopic (exact) mass is 612 g/mol. The lowest BCUT2D eigenvalue weighted by atomic mass is 9.70. The molecule has 3 heterocycles. The van der Waals surface area contributed by atoms with Crippen molar-refractivity contribution in [1.29, 1.82) is 0 Å². The summed E-state index contributed by atoms with van der Waals surface area (Å²) in [6, 6.07) is 16.5. The fraction of sp³-hybridized carbons (Fsp3) is 0.516. The van der Waals surface area contributed by atoms with E-state index in [2.05, 4.69) is 0 Å². The third kappa shape index (κ3) is 4.62. The van der Waals surface area contributed by atoms with Crippen LogP contribution < -0.4 is 0 Å². The number of carbonyl (C=O) groups is 3. The van der Waals surface area contributed by atoms with Crippen molar-refractivity contribution in [2.75, 3.05) is 5.75 Å². The Balaban J connectivity index is 1.20. The smallest absolute Gasteiger partial charge is 0.338 e. The van der Waals surface area contributed by atoms with Gasteiger partial charge in [0.15, 0.2) is 12.2 Å². The number of ether oxygens (including phenoxy) is 5. The molecule has 43 heavy (non-hydrogen) atoms. The molecular weight excluding hydrogens is 580 g/mol. The van der Waals surface area contributed by atoms with Gasteiger partial charge in [-0.1, -0.05) is 50.2 Å². The first-order valence-corrected chi connectivity index (χ1v) is 16.0. The van der Waals surface area contributed by atoms with E-state index in [4.69, 9.17) is 27.9 Å². The second-order valence-electron chi connectivity index (χ2n) is 12.5. The first-order chi connectivity index (χ1) is 20.5. The summed E-state index contributed by atoms with van der Waals surface area (Å²) >= 11 is 0. The Morgan fingerprint density at radius 3 is 1.74 bits per heavy atom. The number of carbonyl (C=O) groups excluding carboxylic acids is 3. The van der Waals surface area contributed by atoms with Gasteiger partial charge in [-0.05, 0) is 48.4 Å². The predicted octanol–water partition coefficient (Wildman–Crippen LogP) is 3.03. The number of hydrogen-bond acceptors (Lipinski definition) is 11. The topological polar surface area (TPSA) is 141 Å². The molecule has 11 nitrogen and oxygen atoms in total. The molecule has 3 saturated heterocycles. The normalized spacial score (nSPS) is 36.9. The van der Waals surface area contributed by atoms with Crippen molar-refractivity contribution >= 4 is 27.8 Å². The van der Waals surface area contributed by atoms with Crippen LogP contribution in [0.4, 0.5) is 0 Å². The summed E-state index contributed by atoms with van der Waals surface area (Å²) in [4.78, 5) is 39.4. The second-order valence-corrected chi connectivity index (χ2v) is 14.1. The molecule has 228 valence electrons. The number of fused-ring (bicyclic) bond motifs is 2. The van der Waals surface area contributed by atoms with E-state index in [0.717, 1.165) is 6.42 Å². The fourth-order valence-corrected chi connectivity index (χ4v) is 9.50. The molecule has 3 unspecified atom stereocenters. The largest absolute Gasteiger partial charge is 0.453 e. The van der Waals surface area contributed by atoms with Gasteiger partial charge in [0.2, 0.25) is 0 Å². The molecule has 2 aromatic rings. The minimum Gasteiger partial charge on any atom is -0.453 e. The summed E-state index contributed by atoms with van der Waals surface area (Å²) in [5.41, 5.74) is -1.06. The van der Waals surface area contributed by atoms with Crippen molar-refractivity contribution in [3.63, 3.8) is 0 Å². The van der Waals surface area contributed by atoms with E-state index in [1.165, 1.54) is 0 Å². The zero-order valence-electron chi connectivity index (χ0n) is 23.6. The minimum absolute atomic E-state index is 0.0729. The van der Waals surface area contributed by atoms with Gasteiger partial charge >= 0.3 is 11.9 Å². The summed E-state index contributed by atoms with van der Waals surface area (Å²) in [5, 5.41) is 0. The molecule has 3 aliphatic heterocycles. The summed E-state index contributed by atoms with van der Waals surface area (Å²) in [5.74, 6) is -1.85. The molecule has 6 bridgehead atoms. The standard InChI is InChI=1S/C31H32O11S/c1-30(2)19-13-14-31(30,20(32)15-19)16-43(35,36)42-26-24-21(37-27(33)17-9-5-3-6-10-17)23-22(25(26)41-29(39-23)40-24)38-28(34)18-11-7-4-8-12-18/h3-12,19,21-26,29H,13-16H2,1-2H3/t19-,21+,22+,23?,24-,25+,26?,29?,31+/m0/s1. The molecule has 2 aromatic carbocycles. The maximum atomic E-state index is 13.8. The molecule has 6 aliphatic rings. The van der Waals surface area contributed by atoms with Gasteiger partial charge in [-0.2, -0.15) is 8.42 Å². The van der Waals surface area contributed by atoms with Gasteiger partial charge in [0.05, 0.1) is 22.3 Å². The van der Waals surface area contributed by atoms with Gasteiger partial charge in [0.25, 0.3) is 16.6 Å². The Bertz CT molecular complexity index is 1470. The van der Waals surface area contributed by atoms with Crippen LogP contribution in [-0.2, 0) is 42.8 Å². The first kappa shape index (κ1) is 28.6. The van der Waals surface area contributed by atoms with Crippen molar-refractivity contribution in [1.82, 2.24) is 0 Å². The lowest BCUT2D eigenvalue weighted by molar-refractivity contribution is -0.476. The SMILES string of the molecule is CC1(C)[C@H]2CC[C@@]1(CS(=O)(=O)OC1[C@H]3OC4OC([C@H]3OC(=O)c3ccccc3)[C@@H](OC(=O)c3ccccc3)[C@H]1O4)C(=O)C2. The maximum absolute atomic E-state index is 13.8. The van der Waals surface area contributed by atoms with Crippen molar-refractivity contribution in [3.8, 4) is 0 Å². The van der Waals surface area contributed by atoms with E-state index in [0.29, 0.717) is 12.8 Å². The maximum Gasteiger partial charge on any atom is 0.338 e. The number of hydrogen-bond donors (Lipinski definition) is 0. The van der Waals surface area contributed by atoms with Crippen molar-refractivity contribution < 1.29 is 50.7 Å². The predicted molar refractivity (Wildman–Crippen MR) is 147 cm³/mol. The zero-order valence-corrected chi connectivity index (χ0v) is 24.4. The number of esters is 2. The van der Waals surface area contributed by atoms with Crippen molar-refractivity contribution in [3.05, 3.63) is 71.8 Å². The fourth-order valence-electron chi connectivity index (χ4n) is 7.59. The number of Topliss-reactive ketones (excluding diaryl/α,β-unsaturated/α-hetero) is 1. The van der Waals surface area contributed by atoms with Crippen molar-refractivity contribution in [2.45, 2.75) is 76.2 Å². The molecule has 0 radical (unpaired) electrons. The number of ketones is 1. The van der Waals surface area contributed by atoms with Crippen LogP contribution in [0.25, 0.3) is 0 Å². The van der Waals surface area contributed by atoms with E-state index in [1.807, 2.05) is 13.8 Å². The third-order valence-electron chi connectivity index (χ3n) is 10.1. The summed E-state index contributed by atoms with van der Waals surface area (Å²) in [6.07, 6.45) is -5.41. The molecule has 6 fully saturated rings. The number of rotatable bonds is 8. The Kier molecular flexibility index (Phi) is 6.78. The van der Waals surface area contributed by atoms with Gasteiger partial charge in [0, 0.05) is 6.42 Å². The quantitative estimate of drug-likeness (QED) is 0.321. The second kappa shape index (κ2) is 10.2. The molecule has 0 spiro atoms. The van der Waals surface area contributed by atoms with E-state index in [-0.39, 0.29) is 22.8 Å². The molecule has 8 rings (SSSR count). The Hall–Kier alpha value is -3.16. The highest BCUT2D eigenvalue weighted by molar-refractivity contribution is 7.86. The highest BCUT2D eigenvalue weighted by Gasteiger charge is 2.68. The molecule has 9 atom stereocenters. The minimum atomic E-state index is -4.37. The first-order valence-electron chi connectivity index (χ1n) is 14.4. The Morgan fingerprint density at radius 2 is 1.30 bits per heavy atom. The lowest BCUT2D eigenvalue weighted by Crippen LogP contribution is -2.76. The highest BCUT2D eigenvalue weighted by Crippen LogP contribution is 2.64. The molecular formula is C31H32O11S. The van der Waals surface area contributed by atoms with Gasteiger partial charge < -0.3 is 23.7 Å². The summed E-state index contributed by atoms with van der Waals surface area (Å²) in [7, 11) is -4.37. The molecule has 0 amide bonds. The molecule has 3 aliphatic carbocycles. The van der Waals surface area contributed by atoms with Crippen LogP contribution in [0.5, 0.6) is 0 Å². The molecule has 0 aromatic heterocycles. The Morgan fingerprint density at radius 1 is 0.814 bits per heavy atom. The lowest BCUT2D eigenvalue weighted by Gasteiger charge is -2.57. The Labute approximate surface area is 248 Å². The number of benzene rings is 2. The van der Waals surface area contributed by atoms with Gasteiger partial charge in [-0.3, -0.25) is 8.98 Å². The van der Waals surface area contributed by atoms with Crippen LogP contribution in [0.3, 0.4) is 0 Å². The average molecular weight is 613 g/mol. The molecule has 0 N–H and O–H groups in total. The zero-order chi connectivity index (χ0) is 30.1. The van der Waals surface area contributed by atoms with Crippen LogP contribution in [0.2, 0.25) is 0 Å². The molecule has 12 heteroatoms. The van der Waals surface area contributed by atoms with Gasteiger partial charge in [0.1, 0.15) is 30.2 Å². The van der Waals surface area contributed by atoms with Crippen LogP contribution in [0.15, 0.2) is 60.7 Å². The van der Waals surface area contributed by atoms with E-state index in [9.17, 15) is 22.8 Å². The van der Waals surface area contributed by atoms with Crippen LogP contribution in [-0.4, -0.2) is 75.0 Å². The van der Waals surface area contributed by atoms with E-state index >= 15 is 0 Å². The van der Waals surface area contributed by atoms with E-state index < -0.39 is 81.7 Å². The molecule has 3 saturated carbocycles. The van der Waals surface area contributed by atoms with Crippen LogP contribution in [0, 0.1) is 16.7 Å². The highest BCUT2D eigenvalue weighted by atomic mass is 32.2. The summed E-state index contributed by atoms with van der Waals surface area (Å²) < 4.78 is 62.6. The summed E-state index contributed by atoms with van der Waals surface area (Å²) in [6.45, 7) is 2.68. The van der Waals surface area contributed by atoms with E-state index in [1.54, 1.807) is 60.7 Å². The van der Waals surface area contributed by atoms with Gasteiger partial charge in [-0.15, -0.1) is 0 Å². The van der Waals surface area contributed by atoms with Gasteiger partial charge in [-0.25, -0.2) is 9.59 Å².